The summed E-state index contributed by atoms with van der Waals surface area (Å²) in [4.78, 5) is 12.3. The Kier molecular flexibility index (Phi) is 6.94. The maximum Gasteiger partial charge on any atom is 0.253 e. The lowest BCUT2D eigenvalue weighted by Gasteiger charge is -2.13. The Balaban J connectivity index is 2.09. The van der Waals surface area contributed by atoms with E-state index in [1.165, 1.54) is 0 Å². The van der Waals surface area contributed by atoms with E-state index in [-0.39, 0.29) is 5.91 Å². The van der Waals surface area contributed by atoms with Crippen LogP contribution in [0.15, 0.2) is 40.9 Å². The normalized spacial score (nSPS) is 10.3. The van der Waals surface area contributed by atoms with Crippen molar-refractivity contribution in [2.45, 2.75) is 20.4 Å². The largest absolute Gasteiger partial charge is 0.490 e. The third-order valence-electron chi connectivity index (χ3n) is 3.23. The minimum atomic E-state index is -0.229. The summed E-state index contributed by atoms with van der Waals surface area (Å²) in [6.45, 7) is 5.32. The zero-order chi connectivity index (χ0) is 17.5. The van der Waals surface area contributed by atoms with Gasteiger partial charge in [-0.15, -0.1) is 0 Å². The highest BCUT2D eigenvalue weighted by atomic mass is 79.9. The molecule has 0 fully saturated rings. The van der Waals surface area contributed by atoms with Gasteiger partial charge in [-0.2, -0.15) is 0 Å². The molecule has 0 spiro atoms. The second-order valence-corrected chi connectivity index (χ2v) is 6.28. The van der Waals surface area contributed by atoms with Crippen LogP contribution in [0.1, 0.15) is 29.8 Å². The van der Waals surface area contributed by atoms with Gasteiger partial charge in [0, 0.05) is 11.0 Å². The molecule has 24 heavy (non-hydrogen) atoms. The Morgan fingerprint density at radius 3 is 2.50 bits per heavy atom. The Morgan fingerprint density at radius 1 is 1.08 bits per heavy atom. The quantitative estimate of drug-likeness (QED) is 0.708. The zero-order valence-corrected chi connectivity index (χ0v) is 15.9. The molecule has 0 heterocycles. The molecule has 0 aliphatic rings. The van der Waals surface area contributed by atoms with Crippen LogP contribution in [0, 0.1) is 0 Å². The molecule has 0 unspecified atom stereocenters. The predicted octanol–water partition coefficient (Wildman–Crippen LogP) is 4.83. The van der Waals surface area contributed by atoms with Crippen molar-refractivity contribution < 1.29 is 14.3 Å². The number of halogens is 2. The third-order valence-corrected chi connectivity index (χ3v) is 4.06. The molecule has 2 rings (SSSR count). The minimum Gasteiger partial charge on any atom is -0.490 e. The van der Waals surface area contributed by atoms with E-state index in [0.717, 1.165) is 10.0 Å². The van der Waals surface area contributed by atoms with E-state index < -0.39 is 0 Å². The fraction of sp³-hybridized carbons (Fsp3) is 0.278. The van der Waals surface area contributed by atoms with Gasteiger partial charge >= 0.3 is 0 Å². The third kappa shape index (κ3) is 4.89. The molecular formula is C18H19BrClNO3. The van der Waals surface area contributed by atoms with E-state index in [1.807, 2.05) is 32.0 Å². The predicted molar refractivity (Wildman–Crippen MR) is 99.1 cm³/mol. The molecule has 1 amide bonds. The van der Waals surface area contributed by atoms with Gasteiger partial charge in [0.15, 0.2) is 11.5 Å². The number of benzene rings is 2. The van der Waals surface area contributed by atoms with Crippen molar-refractivity contribution in [1.29, 1.82) is 0 Å². The van der Waals surface area contributed by atoms with Crippen LogP contribution in [-0.2, 0) is 6.54 Å². The van der Waals surface area contributed by atoms with Gasteiger partial charge in [-0.1, -0.05) is 33.6 Å². The van der Waals surface area contributed by atoms with Gasteiger partial charge in [-0.25, -0.2) is 0 Å². The Bertz CT molecular complexity index is 721. The molecule has 0 radical (unpaired) electrons. The van der Waals surface area contributed by atoms with Crippen molar-refractivity contribution in [2.75, 3.05) is 13.2 Å². The second-order valence-electron chi connectivity index (χ2n) is 4.95. The van der Waals surface area contributed by atoms with Crippen LogP contribution >= 0.6 is 27.5 Å². The molecule has 2 aromatic rings. The number of carbonyl (C=O) groups is 1. The summed E-state index contributed by atoms with van der Waals surface area (Å²) < 4.78 is 11.9. The molecule has 0 saturated carbocycles. The van der Waals surface area contributed by atoms with E-state index in [2.05, 4.69) is 21.2 Å². The zero-order valence-electron chi connectivity index (χ0n) is 13.6. The number of ether oxygens (including phenoxy) is 2. The Hall–Kier alpha value is -1.72. The molecule has 1 N–H and O–H groups in total. The molecule has 0 saturated heterocycles. The number of hydrogen-bond donors (Lipinski definition) is 1. The fourth-order valence-corrected chi connectivity index (χ4v) is 2.72. The summed E-state index contributed by atoms with van der Waals surface area (Å²) in [5.74, 6) is 1.14. The average molecular weight is 413 g/mol. The minimum absolute atomic E-state index is 0.229. The summed E-state index contributed by atoms with van der Waals surface area (Å²) in [6, 6.07) is 10.8. The van der Waals surface area contributed by atoms with Crippen molar-refractivity contribution in [1.82, 2.24) is 5.32 Å². The SMILES string of the molecule is CCOc1ccc(CNC(=O)c2cc(Br)ccc2Cl)cc1OCC. The van der Waals surface area contributed by atoms with E-state index in [4.69, 9.17) is 21.1 Å². The number of amides is 1. The van der Waals surface area contributed by atoms with Crippen LogP contribution in [0.3, 0.4) is 0 Å². The standard InChI is InChI=1S/C18H19BrClNO3/c1-3-23-16-8-5-12(9-17(16)24-4-2)11-21-18(22)14-10-13(19)6-7-15(14)20/h5-10H,3-4,11H2,1-2H3,(H,21,22). The van der Waals surface area contributed by atoms with Gasteiger partial charge in [-0.3, -0.25) is 4.79 Å². The molecule has 0 aliphatic heterocycles. The van der Waals surface area contributed by atoms with Crippen molar-refractivity contribution >= 4 is 33.4 Å². The number of hydrogen-bond acceptors (Lipinski definition) is 3. The van der Waals surface area contributed by atoms with E-state index >= 15 is 0 Å². The molecule has 4 nitrogen and oxygen atoms in total. The molecule has 0 aromatic heterocycles. The van der Waals surface area contributed by atoms with E-state index in [0.29, 0.717) is 41.8 Å². The summed E-state index contributed by atoms with van der Waals surface area (Å²) in [5, 5.41) is 3.28. The lowest BCUT2D eigenvalue weighted by atomic mass is 10.1. The van der Waals surface area contributed by atoms with Crippen LogP contribution in [0.25, 0.3) is 0 Å². The van der Waals surface area contributed by atoms with Crippen LogP contribution in [0.5, 0.6) is 11.5 Å². The first-order valence-corrected chi connectivity index (χ1v) is 8.84. The van der Waals surface area contributed by atoms with Gasteiger partial charge in [0.2, 0.25) is 0 Å². The summed E-state index contributed by atoms with van der Waals surface area (Å²) in [6.07, 6.45) is 0. The van der Waals surface area contributed by atoms with Crippen molar-refractivity contribution in [3.05, 3.63) is 57.0 Å². The van der Waals surface area contributed by atoms with Gasteiger partial charge in [0.25, 0.3) is 5.91 Å². The maximum absolute atomic E-state index is 12.3. The van der Waals surface area contributed by atoms with Gasteiger partial charge in [-0.05, 0) is 49.7 Å². The summed E-state index contributed by atoms with van der Waals surface area (Å²) in [7, 11) is 0. The molecule has 128 valence electrons. The Labute approximate surface area is 155 Å². The second kappa shape index (κ2) is 8.94. The lowest BCUT2D eigenvalue weighted by molar-refractivity contribution is 0.0951. The van der Waals surface area contributed by atoms with Crippen LogP contribution < -0.4 is 14.8 Å². The molecule has 0 atom stereocenters. The Morgan fingerprint density at radius 2 is 1.79 bits per heavy atom. The monoisotopic (exact) mass is 411 g/mol. The maximum atomic E-state index is 12.3. The van der Waals surface area contributed by atoms with E-state index in [9.17, 15) is 4.79 Å². The highest BCUT2D eigenvalue weighted by molar-refractivity contribution is 9.10. The summed E-state index contributed by atoms with van der Waals surface area (Å²) >= 11 is 9.42. The first kappa shape index (κ1) is 18.6. The first-order valence-electron chi connectivity index (χ1n) is 7.67. The highest BCUT2D eigenvalue weighted by Crippen LogP contribution is 2.28. The number of carbonyl (C=O) groups excluding carboxylic acids is 1. The summed E-state index contributed by atoms with van der Waals surface area (Å²) in [5.41, 5.74) is 1.35. The topological polar surface area (TPSA) is 47.6 Å². The lowest BCUT2D eigenvalue weighted by Crippen LogP contribution is -2.23. The van der Waals surface area contributed by atoms with Gasteiger partial charge < -0.3 is 14.8 Å². The van der Waals surface area contributed by atoms with Gasteiger partial charge in [0.05, 0.1) is 23.8 Å². The molecule has 0 aliphatic carbocycles. The molecule has 0 bridgehead atoms. The van der Waals surface area contributed by atoms with Crippen molar-refractivity contribution in [3.8, 4) is 11.5 Å². The smallest absolute Gasteiger partial charge is 0.253 e. The first-order chi connectivity index (χ1) is 11.5. The number of nitrogens with one attached hydrogen (secondary N) is 1. The number of rotatable bonds is 7. The van der Waals surface area contributed by atoms with Crippen molar-refractivity contribution in [3.63, 3.8) is 0 Å². The van der Waals surface area contributed by atoms with Crippen LogP contribution in [-0.4, -0.2) is 19.1 Å². The van der Waals surface area contributed by atoms with Crippen molar-refractivity contribution in [2.24, 2.45) is 0 Å². The molecular weight excluding hydrogens is 394 g/mol. The molecule has 2 aromatic carbocycles. The fourth-order valence-electron chi connectivity index (χ4n) is 2.15. The van der Waals surface area contributed by atoms with Gasteiger partial charge in [0.1, 0.15) is 0 Å². The molecule has 6 heteroatoms. The van der Waals surface area contributed by atoms with Crippen LogP contribution in [0.4, 0.5) is 0 Å². The van der Waals surface area contributed by atoms with E-state index in [1.54, 1.807) is 18.2 Å². The highest BCUT2D eigenvalue weighted by Gasteiger charge is 2.12. The average Bonchev–Trinajstić information content (AvgIpc) is 2.57. The van der Waals surface area contributed by atoms with Crippen LogP contribution in [0.2, 0.25) is 5.02 Å².